The van der Waals surface area contributed by atoms with E-state index in [1.54, 1.807) is 19.2 Å². The lowest BCUT2D eigenvalue weighted by atomic mass is 10.0. The van der Waals surface area contributed by atoms with Crippen LogP contribution in [-0.4, -0.2) is 56.3 Å². The summed E-state index contributed by atoms with van der Waals surface area (Å²) in [6.07, 6.45) is -0.637. The Bertz CT molecular complexity index is 1450. The molecule has 1 aliphatic rings. The topological polar surface area (TPSA) is 114 Å². The van der Waals surface area contributed by atoms with Crippen LogP contribution < -0.4 is 15.0 Å². The number of benzene rings is 1. The normalized spacial score (nSPS) is 13.7. The molecule has 0 amide bonds. The Morgan fingerprint density at radius 1 is 1.16 bits per heavy atom. The van der Waals surface area contributed by atoms with Crippen LogP contribution in [0.25, 0.3) is 22.6 Å². The molecule has 4 aromatic rings. The van der Waals surface area contributed by atoms with Crippen molar-refractivity contribution in [1.29, 1.82) is 0 Å². The fourth-order valence-corrected chi connectivity index (χ4v) is 5.18. The minimum absolute atomic E-state index is 0.145. The van der Waals surface area contributed by atoms with Gasteiger partial charge >= 0.3 is 0 Å². The number of aromatic nitrogens is 5. The number of anilines is 1. The van der Waals surface area contributed by atoms with E-state index >= 15 is 0 Å². The van der Waals surface area contributed by atoms with Gasteiger partial charge in [-0.25, -0.2) is 9.97 Å². The van der Waals surface area contributed by atoms with Crippen LogP contribution in [0.3, 0.4) is 0 Å². The van der Waals surface area contributed by atoms with Crippen molar-refractivity contribution in [2.24, 2.45) is 7.05 Å². The van der Waals surface area contributed by atoms with Crippen molar-refractivity contribution in [3.05, 3.63) is 57.2 Å². The van der Waals surface area contributed by atoms with Gasteiger partial charge in [-0.1, -0.05) is 16.8 Å². The van der Waals surface area contributed by atoms with Crippen molar-refractivity contribution in [2.45, 2.75) is 46.9 Å². The van der Waals surface area contributed by atoms with Gasteiger partial charge in [-0.15, -0.1) is 0 Å². The number of fused-ring (bicyclic) bond motifs is 1. The molecule has 10 nitrogen and oxygen atoms in total. The van der Waals surface area contributed by atoms with Crippen LogP contribution in [0.5, 0.6) is 5.75 Å². The maximum atomic E-state index is 10.1. The number of aliphatic hydroxyl groups excluding tert-OH is 1. The van der Waals surface area contributed by atoms with Crippen molar-refractivity contribution in [3.63, 3.8) is 0 Å². The summed E-state index contributed by atoms with van der Waals surface area (Å²) < 4.78 is 13.3. The molecule has 0 saturated carbocycles. The highest BCUT2D eigenvalue weighted by Crippen LogP contribution is 2.39. The Kier molecular flexibility index (Phi) is 7.13. The number of nitrogens with zero attached hydrogens (tertiary/aromatic N) is 6. The highest BCUT2D eigenvalue weighted by atomic mass is 35.5. The van der Waals surface area contributed by atoms with E-state index < -0.39 is 6.10 Å². The number of aryl methyl sites for hydroxylation is 4. The first-order valence-corrected chi connectivity index (χ1v) is 12.9. The summed E-state index contributed by atoms with van der Waals surface area (Å²) >= 11 is 6.68. The van der Waals surface area contributed by atoms with E-state index in [-0.39, 0.29) is 6.61 Å². The van der Waals surface area contributed by atoms with E-state index in [4.69, 9.17) is 30.8 Å². The molecule has 0 bridgehead atoms. The number of nitrogens with one attached hydrogen (secondary N) is 1. The van der Waals surface area contributed by atoms with E-state index in [0.29, 0.717) is 47.6 Å². The Labute approximate surface area is 226 Å². The minimum Gasteiger partial charge on any atom is -0.491 e. The van der Waals surface area contributed by atoms with E-state index in [0.717, 1.165) is 34.0 Å². The van der Waals surface area contributed by atoms with E-state index in [1.165, 1.54) is 11.3 Å². The lowest BCUT2D eigenvalue weighted by molar-refractivity contribution is 0.108. The molecule has 0 saturated heterocycles. The van der Waals surface area contributed by atoms with Crippen LogP contribution in [-0.2, 0) is 20.1 Å². The van der Waals surface area contributed by atoms with E-state index in [9.17, 15) is 5.11 Å². The smallest absolute Gasteiger partial charge is 0.163 e. The van der Waals surface area contributed by atoms with Gasteiger partial charge in [0, 0.05) is 36.8 Å². The summed E-state index contributed by atoms with van der Waals surface area (Å²) in [5.41, 5.74) is 7.34. The average Bonchev–Trinajstić information content (AvgIpc) is 3.54. The van der Waals surface area contributed by atoms with Gasteiger partial charge in [0.1, 0.15) is 30.0 Å². The number of hydrogen-bond acceptors (Lipinski definition) is 9. The molecule has 1 aromatic carbocycles. The molecule has 0 fully saturated rings. The largest absolute Gasteiger partial charge is 0.491 e. The predicted molar refractivity (Wildman–Crippen MR) is 145 cm³/mol. The van der Waals surface area contributed by atoms with Crippen LogP contribution in [0.4, 0.5) is 5.82 Å². The van der Waals surface area contributed by atoms with Crippen molar-refractivity contribution < 1.29 is 14.4 Å². The molecule has 0 radical (unpaired) electrons. The zero-order valence-corrected chi connectivity index (χ0v) is 23.2. The van der Waals surface area contributed by atoms with Gasteiger partial charge in [0.15, 0.2) is 5.82 Å². The zero-order chi connectivity index (χ0) is 27.1. The van der Waals surface area contributed by atoms with Crippen molar-refractivity contribution >= 4 is 17.4 Å². The number of aliphatic hydroxyl groups is 1. The standard InChI is InChI=1S/C27H32ClN7O3/c1-14-25(24-16(3)33-38-17(24)4)30-26(20-9-19(7-8-22(20)28)37-13-18(36)10-29-5)31-27(14)35-11-21-15(2)32-34(6)23(21)12-35/h7-9,18,29,36H,10-13H2,1-6H3/t18-/m1/s1. The predicted octanol–water partition coefficient (Wildman–Crippen LogP) is 3.90. The lowest BCUT2D eigenvalue weighted by Crippen LogP contribution is -2.29. The van der Waals surface area contributed by atoms with Crippen LogP contribution >= 0.6 is 11.6 Å². The third-order valence-electron chi connectivity index (χ3n) is 6.92. The molecule has 4 heterocycles. The molecule has 5 rings (SSSR count). The molecule has 1 aliphatic heterocycles. The molecule has 0 aliphatic carbocycles. The fourth-order valence-electron chi connectivity index (χ4n) is 4.98. The summed E-state index contributed by atoms with van der Waals surface area (Å²) in [6.45, 7) is 9.82. The van der Waals surface area contributed by atoms with Gasteiger partial charge in [0.25, 0.3) is 0 Å². The Hall–Kier alpha value is -3.47. The summed E-state index contributed by atoms with van der Waals surface area (Å²) in [4.78, 5) is 12.3. The lowest BCUT2D eigenvalue weighted by Gasteiger charge is -2.22. The van der Waals surface area contributed by atoms with Gasteiger partial charge in [-0.05, 0) is 52.9 Å². The number of halogens is 1. The average molecular weight is 538 g/mol. The SMILES string of the molecule is CNC[C@@H](O)COc1ccc(Cl)c(-c2nc(-c3c(C)noc3C)c(C)c(N3Cc4c(C)nn(C)c4C3)n2)c1. The van der Waals surface area contributed by atoms with Gasteiger partial charge in [0.05, 0.1) is 39.9 Å². The van der Waals surface area contributed by atoms with E-state index in [1.807, 2.05) is 45.5 Å². The van der Waals surface area contributed by atoms with Crippen LogP contribution in [0.1, 0.15) is 34.0 Å². The second-order valence-electron chi connectivity index (χ2n) is 9.70. The zero-order valence-electron chi connectivity index (χ0n) is 22.5. The molecule has 3 aromatic heterocycles. The first-order valence-electron chi connectivity index (χ1n) is 12.5. The van der Waals surface area contributed by atoms with Crippen molar-refractivity contribution in [1.82, 2.24) is 30.2 Å². The summed E-state index contributed by atoms with van der Waals surface area (Å²) in [5.74, 6) is 2.54. The summed E-state index contributed by atoms with van der Waals surface area (Å²) in [5, 5.41) is 22.2. The molecule has 38 heavy (non-hydrogen) atoms. The van der Waals surface area contributed by atoms with E-state index in [2.05, 4.69) is 20.5 Å². The third kappa shape index (κ3) is 4.75. The first kappa shape index (κ1) is 26.1. The highest BCUT2D eigenvalue weighted by molar-refractivity contribution is 6.33. The number of ether oxygens (including phenoxy) is 1. The van der Waals surface area contributed by atoms with Crippen LogP contribution in [0.15, 0.2) is 22.7 Å². The first-order chi connectivity index (χ1) is 18.2. The van der Waals surface area contributed by atoms with Gasteiger partial charge in [0.2, 0.25) is 0 Å². The molecular weight excluding hydrogens is 506 g/mol. The third-order valence-corrected chi connectivity index (χ3v) is 7.25. The Morgan fingerprint density at radius 2 is 1.95 bits per heavy atom. The fraction of sp³-hybridized carbons (Fsp3) is 0.407. The molecule has 2 N–H and O–H groups in total. The second-order valence-corrected chi connectivity index (χ2v) is 10.1. The van der Waals surface area contributed by atoms with Crippen molar-refractivity contribution in [2.75, 3.05) is 25.1 Å². The summed E-state index contributed by atoms with van der Waals surface area (Å²) in [7, 11) is 3.75. The minimum atomic E-state index is -0.637. The van der Waals surface area contributed by atoms with Gasteiger partial charge in [-0.2, -0.15) is 5.10 Å². The van der Waals surface area contributed by atoms with Crippen LogP contribution in [0, 0.1) is 27.7 Å². The van der Waals surface area contributed by atoms with Gasteiger partial charge in [-0.3, -0.25) is 4.68 Å². The summed E-state index contributed by atoms with van der Waals surface area (Å²) in [6, 6.07) is 5.35. The molecule has 11 heteroatoms. The molecule has 0 unspecified atom stereocenters. The maximum absolute atomic E-state index is 10.1. The maximum Gasteiger partial charge on any atom is 0.163 e. The number of hydrogen-bond donors (Lipinski definition) is 2. The quantitative estimate of drug-likeness (QED) is 0.345. The molecule has 200 valence electrons. The van der Waals surface area contributed by atoms with Crippen LogP contribution in [0.2, 0.25) is 5.02 Å². The Morgan fingerprint density at radius 3 is 2.63 bits per heavy atom. The molecular formula is C27H32ClN7O3. The monoisotopic (exact) mass is 537 g/mol. The van der Waals surface area contributed by atoms with Crippen molar-refractivity contribution in [3.8, 4) is 28.4 Å². The molecule has 1 atom stereocenters. The number of likely N-dealkylation sites (N-methyl/N-ethyl adjacent to an activating group) is 1. The Balaban J connectivity index is 1.61. The second kappa shape index (κ2) is 10.4. The van der Waals surface area contributed by atoms with Gasteiger partial charge < -0.3 is 24.6 Å². The number of rotatable bonds is 8. The molecule has 0 spiro atoms. The highest BCUT2D eigenvalue weighted by Gasteiger charge is 2.30.